The van der Waals surface area contributed by atoms with Crippen LogP contribution in [0.25, 0.3) is 0 Å². The highest BCUT2D eigenvalue weighted by Gasteiger charge is 2.24. The van der Waals surface area contributed by atoms with E-state index in [1.54, 1.807) is 17.5 Å². The lowest BCUT2D eigenvalue weighted by molar-refractivity contribution is 0.0934. The van der Waals surface area contributed by atoms with Gasteiger partial charge in [0, 0.05) is 30.8 Å². The van der Waals surface area contributed by atoms with E-state index in [0.29, 0.717) is 13.1 Å². The predicted octanol–water partition coefficient (Wildman–Crippen LogP) is 2.16. The Kier molecular flexibility index (Phi) is 5.39. The summed E-state index contributed by atoms with van der Waals surface area (Å²) in [6, 6.07) is 4.14. The van der Waals surface area contributed by atoms with Crippen molar-refractivity contribution in [2.75, 3.05) is 19.9 Å². The van der Waals surface area contributed by atoms with Crippen LogP contribution in [0.5, 0.6) is 0 Å². The normalized spacial score (nSPS) is 18.5. The second kappa shape index (κ2) is 7.35. The van der Waals surface area contributed by atoms with Gasteiger partial charge in [-0.1, -0.05) is 6.07 Å². The van der Waals surface area contributed by atoms with Crippen LogP contribution >= 0.6 is 11.3 Å². The number of thiophene rings is 1. The number of rotatable bonds is 7. The Hall–Kier alpha value is -1.22. The average molecular weight is 370 g/mol. The summed E-state index contributed by atoms with van der Waals surface area (Å²) in [5.74, 6) is 0. The minimum absolute atomic E-state index is 0.0704. The molecule has 0 bridgehead atoms. The van der Waals surface area contributed by atoms with Gasteiger partial charge in [0.2, 0.25) is 15.0 Å². The molecule has 2 aromatic heterocycles. The van der Waals surface area contributed by atoms with Crippen LogP contribution in [0.2, 0.25) is 0 Å². The van der Waals surface area contributed by atoms with Gasteiger partial charge in [0.1, 0.15) is 0 Å². The zero-order valence-electron chi connectivity index (χ0n) is 14.0. The van der Waals surface area contributed by atoms with Gasteiger partial charge < -0.3 is 9.30 Å². The molecule has 0 aliphatic carbocycles. The van der Waals surface area contributed by atoms with E-state index in [1.165, 1.54) is 11.1 Å². The first-order valence-corrected chi connectivity index (χ1v) is 10.8. The maximum absolute atomic E-state index is 12.0. The Morgan fingerprint density at radius 2 is 2.29 bits per heavy atom. The van der Waals surface area contributed by atoms with E-state index in [-0.39, 0.29) is 11.3 Å². The van der Waals surface area contributed by atoms with Gasteiger partial charge in [-0.05, 0) is 31.3 Å². The lowest BCUT2D eigenvalue weighted by Gasteiger charge is -2.19. The fourth-order valence-electron chi connectivity index (χ4n) is 3.00. The Morgan fingerprint density at radius 3 is 2.92 bits per heavy atom. The van der Waals surface area contributed by atoms with Crippen molar-refractivity contribution >= 4 is 21.2 Å². The zero-order chi connectivity index (χ0) is 17.2. The molecule has 6 nitrogen and oxygen atoms in total. The molecule has 132 valence electrons. The molecule has 0 aromatic carbocycles. The fraction of sp³-hybridized carbons (Fsp3) is 0.562. The Balaban J connectivity index is 1.79. The number of aromatic nitrogens is 2. The zero-order valence-corrected chi connectivity index (χ0v) is 15.6. The molecule has 0 radical (unpaired) electrons. The molecule has 24 heavy (non-hydrogen) atoms. The van der Waals surface area contributed by atoms with Crippen LogP contribution in [0, 0.1) is 0 Å². The first kappa shape index (κ1) is 17.6. The monoisotopic (exact) mass is 369 g/mol. The first-order chi connectivity index (χ1) is 11.4. The third kappa shape index (κ3) is 4.24. The molecule has 2 aromatic rings. The molecule has 3 rings (SSSR count). The minimum Gasteiger partial charge on any atom is -0.376 e. The van der Waals surface area contributed by atoms with Gasteiger partial charge in [0.15, 0.2) is 0 Å². The number of imidazole rings is 1. The largest absolute Gasteiger partial charge is 0.376 e. The highest BCUT2D eigenvalue weighted by atomic mass is 32.2. The first-order valence-electron chi connectivity index (χ1n) is 8.00. The van der Waals surface area contributed by atoms with E-state index in [1.807, 2.05) is 17.7 Å². The van der Waals surface area contributed by atoms with Gasteiger partial charge in [0.05, 0.1) is 24.5 Å². The van der Waals surface area contributed by atoms with Gasteiger partial charge in [0.25, 0.3) is 0 Å². The molecular formula is C16H23N3O3S2. The summed E-state index contributed by atoms with van der Waals surface area (Å²) in [4.78, 5) is 7.63. The SMILES string of the molecule is CN(Cc1cccs1)Cc1cnc(S(C)(=O)=O)n1CC1CCCO1. The average Bonchev–Trinajstić information content (AvgIpc) is 3.21. The van der Waals surface area contributed by atoms with Crippen molar-refractivity contribution in [2.24, 2.45) is 0 Å². The van der Waals surface area contributed by atoms with Crippen molar-refractivity contribution < 1.29 is 13.2 Å². The summed E-state index contributed by atoms with van der Waals surface area (Å²) in [6.07, 6.45) is 4.95. The molecule has 1 saturated heterocycles. The van der Waals surface area contributed by atoms with Crippen molar-refractivity contribution in [2.45, 2.75) is 43.7 Å². The molecule has 0 N–H and O–H groups in total. The lowest BCUT2D eigenvalue weighted by atomic mass is 10.2. The topological polar surface area (TPSA) is 64.4 Å². The van der Waals surface area contributed by atoms with Crippen LogP contribution in [0.15, 0.2) is 28.9 Å². The summed E-state index contributed by atoms with van der Waals surface area (Å²) >= 11 is 1.72. The van der Waals surface area contributed by atoms with Crippen LogP contribution in [0.3, 0.4) is 0 Å². The fourth-order valence-corrected chi connectivity index (χ4v) is 4.62. The molecule has 1 aliphatic heterocycles. The van der Waals surface area contributed by atoms with E-state index in [0.717, 1.165) is 31.7 Å². The van der Waals surface area contributed by atoms with E-state index < -0.39 is 9.84 Å². The summed E-state index contributed by atoms with van der Waals surface area (Å²) in [5, 5.41) is 2.20. The number of hydrogen-bond acceptors (Lipinski definition) is 6. The van der Waals surface area contributed by atoms with Crippen LogP contribution < -0.4 is 0 Å². The molecule has 0 spiro atoms. The molecule has 1 atom stereocenters. The van der Waals surface area contributed by atoms with Crippen LogP contribution in [-0.2, 0) is 34.2 Å². The second-order valence-corrected chi connectivity index (χ2v) is 9.24. The Bertz CT molecular complexity index is 763. The van der Waals surface area contributed by atoms with E-state index in [9.17, 15) is 8.42 Å². The van der Waals surface area contributed by atoms with Gasteiger partial charge in [-0.2, -0.15) is 0 Å². The highest BCUT2D eigenvalue weighted by molar-refractivity contribution is 7.90. The number of hydrogen-bond donors (Lipinski definition) is 0. The minimum atomic E-state index is -3.36. The third-order valence-corrected chi connectivity index (χ3v) is 5.93. The van der Waals surface area contributed by atoms with E-state index in [2.05, 4.69) is 21.3 Å². The van der Waals surface area contributed by atoms with Crippen LogP contribution in [0.1, 0.15) is 23.4 Å². The number of nitrogens with zero attached hydrogens (tertiary/aromatic N) is 3. The van der Waals surface area contributed by atoms with Crippen LogP contribution in [0.4, 0.5) is 0 Å². The molecule has 8 heteroatoms. The summed E-state index contributed by atoms with van der Waals surface area (Å²) in [5.41, 5.74) is 0.907. The van der Waals surface area contributed by atoms with Gasteiger partial charge in [-0.3, -0.25) is 4.90 Å². The van der Waals surface area contributed by atoms with Crippen molar-refractivity contribution in [1.29, 1.82) is 0 Å². The second-order valence-electron chi connectivity index (χ2n) is 6.30. The third-order valence-electron chi connectivity index (χ3n) is 4.08. The van der Waals surface area contributed by atoms with Crippen molar-refractivity contribution in [1.82, 2.24) is 14.5 Å². The lowest BCUT2D eigenvalue weighted by Crippen LogP contribution is -2.24. The molecular weight excluding hydrogens is 346 g/mol. The van der Waals surface area contributed by atoms with Crippen molar-refractivity contribution in [3.63, 3.8) is 0 Å². The van der Waals surface area contributed by atoms with Gasteiger partial charge in [-0.25, -0.2) is 13.4 Å². The highest BCUT2D eigenvalue weighted by Crippen LogP contribution is 2.20. The van der Waals surface area contributed by atoms with Gasteiger partial charge >= 0.3 is 0 Å². The Labute approximate surface area is 147 Å². The summed E-state index contributed by atoms with van der Waals surface area (Å²) in [7, 11) is -1.33. The maximum Gasteiger partial charge on any atom is 0.227 e. The summed E-state index contributed by atoms with van der Waals surface area (Å²) in [6.45, 7) is 2.77. The predicted molar refractivity (Wildman–Crippen MR) is 93.8 cm³/mol. The standard InChI is InChI=1S/C16H23N3O3S2/c1-18(12-15-6-4-8-23-15)10-13-9-17-16(24(2,20)21)19(13)11-14-5-3-7-22-14/h4,6,8-9,14H,3,5,7,10-12H2,1-2H3. The van der Waals surface area contributed by atoms with Crippen molar-refractivity contribution in [3.05, 3.63) is 34.3 Å². The molecule has 0 saturated carbocycles. The molecule has 0 amide bonds. The van der Waals surface area contributed by atoms with Gasteiger partial charge in [-0.15, -0.1) is 11.3 Å². The maximum atomic E-state index is 12.0. The molecule has 1 unspecified atom stereocenters. The van der Waals surface area contributed by atoms with Crippen molar-refractivity contribution in [3.8, 4) is 0 Å². The van der Waals surface area contributed by atoms with E-state index >= 15 is 0 Å². The smallest absolute Gasteiger partial charge is 0.227 e. The number of sulfone groups is 1. The van der Waals surface area contributed by atoms with Crippen LogP contribution in [-0.4, -0.2) is 48.9 Å². The molecule has 1 aliphatic rings. The Morgan fingerprint density at radius 1 is 1.46 bits per heavy atom. The molecule has 1 fully saturated rings. The molecule has 3 heterocycles. The summed E-state index contributed by atoms with van der Waals surface area (Å²) < 4.78 is 31.6. The quantitative estimate of drug-likeness (QED) is 0.748. The number of ether oxygens (including phenoxy) is 1. The van der Waals surface area contributed by atoms with E-state index in [4.69, 9.17) is 4.74 Å².